The summed E-state index contributed by atoms with van der Waals surface area (Å²) in [5.74, 6) is -0.839. The number of aryl methyl sites for hydroxylation is 1. The Labute approximate surface area is 136 Å². The molecule has 1 heterocycles. The van der Waals surface area contributed by atoms with Crippen molar-refractivity contribution >= 4 is 11.9 Å². The Morgan fingerprint density at radius 3 is 2.39 bits per heavy atom. The Bertz CT molecular complexity index is 586. The number of nitrogens with one attached hydrogen (secondary N) is 2. The van der Waals surface area contributed by atoms with Crippen molar-refractivity contribution in [2.24, 2.45) is 0 Å². The van der Waals surface area contributed by atoms with Gasteiger partial charge in [0, 0.05) is 17.3 Å². The maximum Gasteiger partial charge on any atom is 0.355 e. The van der Waals surface area contributed by atoms with E-state index < -0.39 is 18.2 Å². The second-order valence-electron chi connectivity index (χ2n) is 6.38. The number of hydrogen-bond donors (Lipinski definition) is 3. The lowest BCUT2D eigenvalue weighted by molar-refractivity contribution is -0.129. The van der Waals surface area contributed by atoms with E-state index in [1.165, 1.54) is 0 Å². The number of rotatable bonds is 5. The van der Waals surface area contributed by atoms with Crippen LogP contribution in [-0.2, 0) is 9.53 Å². The van der Waals surface area contributed by atoms with Gasteiger partial charge in [0.15, 0.2) is 6.10 Å². The summed E-state index contributed by atoms with van der Waals surface area (Å²) in [6.07, 6.45) is 2.71. The first-order valence-corrected chi connectivity index (χ1v) is 8.19. The molecule has 1 aromatic rings. The van der Waals surface area contributed by atoms with Gasteiger partial charge in [-0.2, -0.15) is 0 Å². The zero-order valence-corrected chi connectivity index (χ0v) is 14.2. The molecule has 0 bridgehead atoms. The predicted molar refractivity (Wildman–Crippen MR) is 86.2 cm³/mol. The van der Waals surface area contributed by atoms with Gasteiger partial charge in [-0.15, -0.1) is 0 Å². The normalized spacial score (nSPS) is 17.8. The summed E-state index contributed by atoms with van der Waals surface area (Å²) in [6, 6.07) is 0.194. The van der Waals surface area contributed by atoms with Crippen LogP contribution in [0.4, 0.5) is 0 Å². The Morgan fingerprint density at radius 1 is 1.26 bits per heavy atom. The minimum absolute atomic E-state index is 0.194. The van der Waals surface area contributed by atoms with Crippen LogP contribution in [0, 0.1) is 13.8 Å². The maximum absolute atomic E-state index is 12.3. The van der Waals surface area contributed by atoms with Gasteiger partial charge >= 0.3 is 5.97 Å². The number of aliphatic hydroxyl groups is 1. The Kier molecular flexibility index (Phi) is 5.46. The van der Waals surface area contributed by atoms with Crippen LogP contribution in [0.2, 0.25) is 0 Å². The minimum Gasteiger partial charge on any atom is -0.448 e. The van der Waals surface area contributed by atoms with Gasteiger partial charge in [-0.1, -0.05) is 12.8 Å². The lowest BCUT2D eigenvalue weighted by atomic mass is 10.1. The zero-order valence-electron chi connectivity index (χ0n) is 14.2. The third kappa shape index (κ3) is 3.93. The summed E-state index contributed by atoms with van der Waals surface area (Å²) in [4.78, 5) is 27.3. The van der Waals surface area contributed by atoms with Gasteiger partial charge < -0.3 is 20.1 Å². The lowest BCUT2D eigenvalue weighted by Crippen LogP contribution is -2.40. The molecule has 1 aliphatic rings. The van der Waals surface area contributed by atoms with Gasteiger partial charge in [-0.3, -0.25) is 4.79 Å². The van der Waals surface area contributed by atoms with Crippen molar-refractivity contribution in [2.45, 2.75) is 71.6 Å². The molecule has 0 saturated heterocycles. The number of esters is 1. The van der Waals surface area contributed by atoms with Crippen LogP contribution >= 0.6 is 0 Å². The van der Waals surface area contributed by atoms with Crippen LogP contribution in [-0.4, -0.2) is 34.1 Å². The Morgan fingerprint density at radius 2 is 1.87 bits per heavy atom. The molecular formula is C17H26N2O4. The summed E-state index contributed by atoms with van der Waals surface area (Å²) in [5.41, 5.74) is 2.37. The van der Waals surface area contributed by atoms with E-state index in [1.54, 1.807) is 27.7 Å². The standard InChI is InChI=1S/C17H26N2O4/c1-9-14(11(3)20)10(2)18-15(9)17(22)23-12(4)16(21)19-13-7-5-6-8-13/h11-13,18,20H,5-8H2,1-4H3,(H,19,21)/t11-,12-/m1/s1. The number of H-pyrrole nitrogens is 1. The molecule has 6 nitrogen and oxygen atoms in total. The molecule has 3 N–H and O–H groups in total. The summed E-state index contributed by atoms with van der Waals surface area (Å²) < 4.78 is 5.27. The highest BCUT2D eigenvalue weighted by molar-refractivity contribution is 5.92. The van der Waals surface area contributed by atoms with Crippen LogP contribution in [0.3, 0.4) is 0 Å². The quantitative estimate of drug-likeness (QED) is 0.725. The molecule has 0 aromatic carbocycles. The number of aromatic amines is 1. The van der Waals surface area contributed by atoms with E-state index in [1.807, 2.05) is 0 Å². The van der Waals surface area contributed by atoms with Crippen LogP contribution < -0.4 is 5.32 Å². The minimum atomic E-state index is -0.846. The summed E-state index contributed by atoms with van der Waals surface area (Å²) in [5, 5.41) is 12.7. The molecule has 1 aliphatic carbocycles. The average molecular weight is 322 g/mol. The zero-order chi connectivity index (χ0) is 17.1. The predicted octanol–water partition coefficient (Wildman–Crippen LogP) is 2.29. The fraction of sp³-hybridized carbons (Fsp3) is 0.647. The van der Waals surface area contributed by atoms with Crippen molar-refractivity contribution in [1.29, 1.82) is 0 Å². The number of carbonyl (C=O) groups excluding carboxylic acids is 2. The van der Waals surface area contributed by atoms with Crippen molar-refractivity contribution in [3.05, 3.63) is 22.5 Å². The van der Waals surface area contributed by atoms with Crippen LogP contribution in [0.1, 0.15) is 72.9 Å². The van der Waals surface area contributed by atoms with Gasteiger partial charge in [-0.25, -0.2) is 4.79 Å². The lowest BCUT2D eigenvalue weighted by Gasteiger charge is -2.17. The first-order chi connectivity index (χ1) is 10.8. The number of amides is 1. The number of ether oxygens (including phenoxy) is 1. The fourth-order valence-corrected chi connectivity index (χ4v) is 3.26. The number of hydrogen-bond acceptors (Lipinski definition) is 4. The molecule has 2 rings (SSSR count). The average Bonchev–Trinajstić information content (AvgIpc) is 3.06. The second kappa shape index (κ2) is 7.17. The second-order valence-corrected chi connectivity index (χ2v) is 6.38. The van der Waals surface area contributed by atoms with E-state index in [2.05, 4.69) is 10.3 Å². The van der Waals surface area contributed by atoms with Gasteiger partial charge in [0.1, 0.15) is 5.69 Å². The molecule has 6 heteroatoms. The Hall–Kier alpha value is -1.82. The highest BCUT2D eigenvalue weighted by Crippen LogP contribution is 2.25. The molecule has 0 unspecified atom stereocenters. The molecule has 23 heavy (non-hydrogen) atoms. The van der Waals surface area contributed by atoms with Gasteiger partial charge in [0.25, 0.3) is 5.91 Å². The van der Waals surface area contributed by atoms with Crippen molar-refractivity contribution in [3.63, 3.8) is 0 Å². The highest BCUT2D eigenvalue weighted by Gasteiger charge is 2.26. The molecule has 2 atom stereocenters. The molecular weight excluding hydrogens is 296 g/mol. The molecule has 1 amide bonds. The van der Waals surface area contributed by atoms with Crippen LogP contribution in [0.25, 0.3) is 0 Å². The summed E-state index contributed by atoms with van der Waals surface area (Å²) in [6.45, 7) is 6.77. The third-order valence-corrected chi connectivity index (χ3v) is 4.47. The number of carbonyl (C=O) groups is 2. The van der Waals surface area contributed by atoms with Gasteiger partial charge in [0.05, 0.1) is 6.10 Å². The molecule has 0 aliphatic heterocycles. The van der Waals surface area contributed by atoms with E-state index in [4.69, 9.17) is 4.74 Å². The summed E-state index contributed by atoms with van der Waals surface area (Å²) >= 11 is 0. The maximum atomic E-state index is 12.3. The largest absolute Gasteiger partial charge is 0.448 e. The first kappa shape index (κ1) is 17.5. The van der Waals surface area contributed by atoms with Gasteiger partial charge in [-0.05, 0) is 46.1 Å². The van der Waals surface area contributed by atoms with Crippen LogP contribution in [0.15, 0.2) is 0 Å². The smallest absolute Gasteiger partial charge is 0.355 e. The number of aliphatic hydroxyl groups excluding tert-OH is 1. The Balaban J connectivity index is 2.00. The van der Waals surface area contributed by atoms with E-state index in [-0.39, 0.29) is 11.9 Å². The first-order valence-electron chi connectivity index (χ1n) is 8.19. The molecule has 0 spiro atoms. The van der Waals surface area contributed by atoms with E-state index in [9.17, 15) is 14.7 Å². The summed E-state index contributed by atoms with van der Waals surface area (Å²) in [7, 11) is 0. The fourth-order valence-electron chi connectivity index (χ4n) is 3.26. The SMILES string of the molecule is Cc1[nH]c(C(=O)O[C@H](C)C(=O)NC2CCCC2)c(C)c1[C@@H](C)O. The molecule has 128 valence electrons. The molecule has 1 saturated carbocycles. The highest BCUT2D eigenvalue weighted by atomic mass is 16.5. The monoisotopic (exact) mass is 322 g/mol. The van der Waals surface area contributed by atoms with E-state index >= 15 is 0 Å². The third-order valence-electron chi connectivity index (χ3n) is 4.47. The van der Waals surface area contributed by atoms with E-state index in [0.29, 0.717) is 16.8 Å². The van der Waals surface area contributed by atoms with Crippen molar-refractivity contribution in [1.82, 2.24) is 10.3 Å². The van der Waals surface area contributed by atoms with Crippen molar-refractivity contribution < 1.29 is 19.4 Å². The molecule has 1 fully saturated rings. The topological polar surface area (TPSA) is 91.4 Å². The molecule has 1 aromatic heterocycles. The van der Waals surface area contributed by atoms with E-state index in [0.717, 1.165) is 31.4 Å². The number of aromatic nitrogens is 1. The van der Waals surface area contributed by atoms with Crippen molar-refractivity contribution in [2.75, 3.05) is 0 Å². The molecule has 0 radical (unpaired) electrons. The van der Waals surface area contributed by atoms with Gasteiger partial charge in [0.2, 0.25) is 0 Å². The van der Waals surface area contributed by atoms with Crippen molar-refractivity contribution in [3.8, 4) is 0 Å². The van der Waals surface area contributed by atoms with Crippen LogP contribution in [0.5, 0.6) is 0 Å².